The molecular formula is C16H29NO4. The van der Waals surface area contributed by atoms with Gasteiger partial charge in [0, 0.05) is 13.0 Å². The largest absolute Gasteiger partial charge is 0.481 e. The Labute approximate surface area is 127 Å². The van der Waals surface area contributed by atoms with Crippen molar-refractivity contribution >= 4 is 11.9 Å². The number of hydrogen-bond donors (Lipinski definition) is 3. The molecule has 0 saturated heterocycles. The number of carboxylic acid groups (broad SMARTS) is 1. The first-order valence-electron chi connectivity index (χ1n) is 8.13. The van der Waals surface area contributed by atoms with Crippen LogP contribution in [0.25, 0.3) is 0 Å². The molecule has 1 rings (SSSR count). The molecule has 5 nitrogen and oxygen atoms in total. The second-order valence-electron chi connectivity index (χ2n) is 6.27. The van der Waals surface area contributed by atoms with Crippen LogP contribution in [-0.4, -0.2) is 34.7 Å². The number of aliphatic hydroxyl groups is 1. The summed E-state index contributed by atoms with van der Waals surface area (Å²) in [5, 5.41) is 22.2. The Balaban J connectivity index is 2.49. The molecule has 0 aromatic carbocycles. The van der Waals surface area contributed by atoms with Crippen molar-refractivity contribution in [2.45, 2.75) is 71.3 Å². The van der Waals surface area contributed by atoms with Gasteiger partial charge in [-0.3, -0.25) is 9.59 Å². The van der Waals surface area contributed by atoms with E-state index in [9.17, 15) is 19.8 Å². The molecule has 1 saturated carbocycles. The maximum atomic E-state index is 12.0. The molecule has 1 atom stereocenters. The predicted octanol–water partition coefficient (Wildman–Crippen LogP) is 2.32. The van der Waals surface area contributed by atoms with Gasteiger partial charge in [0.25, 0.3) is 0 Å². The van der Waals surface area contributed by atoms with E-state index >= 15 is 0 Å². The van der Waals surface area contributed by atoms with E-state index in [1.165, 1.54) is 0 Å². The quantitative estimate of drug-likeness (QED) is 0.642. The second-order valence-corrected chi connectivity index (χ2v) is 6.27. The number of carbonyl (C=O) groups excluding carboxylic acids is 1. The highest BCUT2D eigenvalue weighted by Crippen LogP contribution is 2.39. The Kier molecular flexibility index (Phi) is 7.15. The Morgan fingerprint density at radius 1 is 1.14 bits per heavy atom. The van der Waals surface area contributed by atoms with Gasteiger partial charge in [-0.25, -0.2) is 0 Å². The molecular weight excluding hydrogens is 270 g/mol. The average Bonchev–Trinajstić information content (AvgIpc) is 2.47. The van der Waals surface area contributed by atoms with Gasteiger partial charge in [0.2, 0.25) is 5.91 Å². The molecule has 0 radical (unpaired) electrons. The van der Waals surface area contributed by atoms with Crippen molar-refractivity contribution in [3.63, 3.8) is 0 Å². The van der Waals surface area contributed by atoms with Gasteiger partial charge >= 0.3 is 5.97 Å². The van der Waals surface area contributed by atoms with Crippen LogP contribution in [0.15, 0.2) is 0 Å². The van der Waals surface area contributed by atoms with E-state index in [1.807, 2.05) is 13.8 Å². The van der Waals surface area contributed by atoms with E-state index in [1.54, 1.807) is 0 Å². The van der Waals surface area contributed by atoms with E-state index < -0.39 is 17.5 Å². The average molecular weight is 299 g/mol. The number of aliphatic hydroxyl groups excluding tert-OH is 1. The molecule has 0 aromatic rings. The van der Waals surface area contributed by atoms with E-state index in [-0.39, 0.29) is 24.8 Å². The molecule has 1 fully saturated rings. The molecule has 21 heavy (non-hydrogen) atoms. The molecule has 1 aliphatic rings. The summed E-state index contributed by atoms with van der Waals surface area (Å²) in [4.78, 5) is 23.6. The highest BCUT2D eigenvalue weighted by Gasteiger charge is 2.41. The number of rotatable bonds is 8. The number of aliphatic carboxylic acids is 1. The third-order valence-electron chi connectivity index (χ3n) is 4.86. The predicted molar refractivity (Wildman–Crippen MR) is 80.9 cm³/mol. The van der Waals surface area contributed by atoms with E-state index in [0.717, 1.165) is 32.1 Å². The van der Waals surface area contributed by atoms with Crippen molar-refractivity contribution in [1.29, 1.82) is 0 Å². The molecule has 0 aromatic heterocycles. The molecule has 0 heterocycles. The minimum atomic E-state index is -0.901. The van der Waals surface area contributed by atoms with Gasteiger partial charge in [-0.2, -0.15) is 0 Å². The minimum Gasteiger partial charge on any atom is -0.481 e. The molecule has 0 spiro atoms. The smallest absolute Gasteiger partial charge is 0.310 e. The van der Waals surface area contributed by atoms with Gasteiger partial charge in [0.1, 0.15) is 0 Å². The lowest BCUT2D eigenvalue weighted by molar-refractivity contribution is -0.154. The molecule has 122 valence electrons. The Morgan fingerprint density at radius 3 is 2.19 bits per heavy atom. The molecule has 3 N–H and O–H groups in total. The summed E-state index contributed by atoms with van der Waals surface area (Å²) in [6, 6.07) is 0. The normalized spacial score (nSPS) is 19.2. The van der Waals surface area contributed by atoms with Crippen molar-refractivity contribution in [2.75, 3.05) is 6.54 Å². The third kappa shape index (κ3) is 4.99. The first kappa shape index (κ1) is 18.0. The Hall–Kier alpha value is -1.10. The fourth-order valence-electron chi connectivity index (χ4n) is 3.28. The van der Waals surface area contributed by atoms with Crippen LogP contribution >= 0.6 is 0 Å². The van der Waals surface area contributed by atoms with Crippen LogP contribution < -0.4 is 5.32 Å². The lowest BCUT2D eigenvalue weighted by Gasteiger charge is -2.32. The summed E-state index contributed by atoms with van der Waals surface area (Å²) < 4.78 is 0. The zero-order valence-electron chi connectivity index (χ0n) is 13.2. The first-order chi connectivity index (χ1) is 9.95. The van der Waals surface area contributed by atoms with Crippen LogP contribution in [0.1, 0.15) is 65.2 Å². The van der Waals surface area contributed by atoms with Crippen molar-refractivity contribution in [1.82, 2.24) is 5.32 Å². The standard InChI is InChI=1S/C16H29NO4/c1-3-12(4-2)13(18)11-17-14(19)10-16(15(20)21)8-6-5-7-9-16/h12-13,18H,3-11H2,1-2H3,(H,17,19)(H,20,21). The zero-order chi connectivity index (χ0) is 15.9. The summed E-state index contributed by atoms with van der Waals surface area (Å²) in [5.74, 6) is -0.949. The lowest BCUT2D eigenvalue weighted by Crippen LogP contribution is -2.42. The van der Waals surface area contributed by atoms with Crippen LogP contribution in [0.2, 0.25) is 0 Å². The topological polar surface area (TPSA) is 86.6 Å². The maximum Gasteiger partial charge on any atom is 0.310 e. The number of carbonyl (C=O) groups is 2. The van der Waals surface area contributed by atoms with E-state index in [2.05, 4.69) is 5.32 Å². The summed E-state index contributed by atoms with van der Waals surface area (Å²) in [5.41, 5.74) is -0.901. The maximum absolute atomic E-state index is 12.0. The lowest BCUT2D eigenvalue weighted by atomic mass is 9.71. The summed E-state index contributed by atoms with van der Waals surface area (Å²) in [7, 11) is 0. The Bertz CT molecular complexity index is 346. The highest BCUT2D eigenvalue weighted by atomic mass is 16.4. The number of amides is 1. The fraction of sp³-hybridized carbons (Fsp3) is 0.875. The van der Waals surface area contributed by atoms with Crippen LogP contribution in [0.3, 0.4) is 0 Å². The van der Waals surface area contributed by atoms with Gasteiger partial charge in [-0.1, -0.05) is 46.0 Å². The number of carboxylic acids is 1. The Morgan fingerprint density at radius 2 is 1.71 bits per heavy atom. The SMILES string of the molecule is CCC(CC)C(O)CNC(=O)CC1(C(=O)O)CCCCC1. The van der Waals surface area contributed by atoms with Gasteiger partial charge < -0.3 is 15.5 Å². The van der Waals surface area contributed by atoms with Gasteiger partial charge in [-0.05, 0) is 18.8 Å². The molecule has 5 heteroatoms. The van der Waals surface area contributed by atoms with E-state index in [4.69, 9.17) is 0 Å². The van der Waals surface area contributed by atoms with Gasteiger partial charge in [0.05, 0.1) is 11.5 Å². The highest BCUT2D eigenvalue weighted by molar-refractivity contribution is 5.85. The van der Waals surface area contributed by atoms with Crippen molar-refractivity contribution < 1.29 is 19.8 Å². The van der Waals surface area contributed by atoms with Crippen LogP contribution in [-0.2, 0) is 9.59 Å². The van der Waals surface area contributed by atoms with Crippen molar-refractivity contribution in [3.05, 3.63) is 0 Å². The molecule has 0 bridgehead atoms. The second kappa shape index (κ2) is 8.37. The summed E-state index contributed by atoms with van der Waals surface area (Å²) in [6.07, 6.45) is 5.14. The third-order valence-corrected chi connectivity index (χ3v) is 4.86. The van der Waals surface area contributed by atoms with E-state index in [0.29, 0.717) is 12.8 Å². The summed E-state index contributed by atoms with van der Waals surface area (Å²) >= 11 is 0. The fourth-order valence-corrected chi connectivity index (χ4v) is 3.28. The van der Waals surface area contributed by atoms with Crippen molar-refractivity contribution in [2.24, 2.45) is 11.3 Å². The minimum absolute atomic E-state index is 0.0258. The van der Waals surface area contributed by atoms with Crippen LogP contribution in [0, 0.1) is 11.3 Å². The molecule has 1 unspecified atom stereocenters. The zero-order valence-corrected chi connectivity index (χ0v) is 13.2. The number of nitrogens with one attached hydrogen (secondary N) is 1. The molecule has 0 aliphatic heterocycles. The molecule has 1 aliphatic carbocycles. The van der Waals surface area contributed by atoms with Gasteiger partial charge in [0.15, 0.2) is 0 Å². The van der Waals surface area contributed by atoms with Crippen LogP contribution in [0.5, 0.6) is 0 Å². The van der Waals surface area contributed by atoms with Crippen LogP contribution in [0.4, 0.5) is 0 Å². The van der Waals surface area contributed by atoms with Crippen molar-refractivity contribution in [3.8, 4) is 0 Å². The first-order valence-corrected chi connectivity index (χ1v) is 8.13. The monoisotopic (exact) mass is 299 g/mol. The molecule has 1 amide bonds. The number of hydrogen-bond acceptors (Lipinski definition) is 3. The summed E-state index contributed by atoms with van der Waals surface area (Å²) in [6.45, 7) is 4.24. The van der Waals surface area contributed by atoms with Gasteiger partial charge in [-0.15, -0.1) is 0 Å².